The fraction of sp³-hybridized carbons (Fsp3) is 0.207. The zero-order valence-electron chi connectivity index (χ0n) is 19.8. The van der Waals surface area contributed by atoms with E-state index in [-0.39, 0.29) is 10.6 Å². The quantitative estimate of drug-likeness (QED) is 0.265. The maximum atomic E-state index is 13.1. The van der Waals surface area contributed by atoms with Crippen molar-refractivity contribution in [2.24, 2.45) is 0 Å². The van der Waals surface area contributed by atoms with Crippen molar-refractivity contribution in [2.75, 3.05) is 5.32 Å². The largest absolute Gasteiger partial charge is 0.379 e. The van der Waals surface area contributed by atoms with Gasteiger partial charge in [-0.05, 0) is 60.7 Å². The molecule has 1 aliphatic carbocycles. The molecule has 36 heavy (non-hydrogen) atoms. The molecule has 6 rings (SSSR count). The van der Waals surface area contributed by atoms with Gasteiger partial charge in [0, 0.05) is 23.2 Å². The van der Waals surface area contributed by atoms with Crippen molar-refractivity contribution in [1.29, 1.82) is 0 Å². The average molecular weight is 498 g/mol. The van der Waals surface area contributed by atoms with Gasteiger partial charge >= 0.3 is 10.1 Å². The molecule has 5 aromatic rings. The summed E-state index contributed by atoms with van der Waals surface area (Å²) in [5.41, 5.74) is 2.60. The van der Waals surface area contributed by atoms with Crippen molar-refractivity contribution in [3.8, 4) is 17.0 Å². The van der Waals surface area contributed by atoms with Crippen LogP contribution in [0, 0.1) is 0 Å². The van der Waals surface area contributed by atoms with Gasteiger partial charge in [-0.25, -0.2) is 4.98 Å². The molecule has 1 N–H and O–H groups in total. The van der Waals surface area contributed by atoms with Crippen molar-refractivity contribution in [3.63, 3.8) is 0 Å². The lowest BCUT2D eigenvalue weighted by atomic mass is 9.95. The SMILES string of the molecule is O=S(=O)(Oc1ccc(-c2nc3ccccn3c2NC2CCCCC2)cc1)c1cccc2ccccc12. The second-order valence-corrected chi connectivity index (χ2v) is 10.8. The third-order valence-corrected chi connectivity index (χ3v) is 8.14. The van der Waals surface area contributed by atoms with Crippen LogP contribution in [0.5, 0.6) is 5.75 Å². The lowest BCUT2D eigenvalue weighted by Crippen LogP contribution is -2.23. The van der Waals surface area contributed by atoms with Gasteiger partial charge in [-0.1, -0.05) is 61.7 Å². The van der Waals surface area contributed by atoms with Gasteiger partial charge in [-0.2, -0.15) is 8.42 Å². The molecular formula is C29H27N3O3S. The number of nitrogens with one attached hydrogen (secondary N) is 1. The van der Waals surface area contributed by atoms with Crippen LogP contribution in [0.2, 0.25) is 0 Å². The highest BCUT2D eigenvalue weighted by atomic mass is 32.2. The van der Waals surface area contributed by atoms with E-state index >= 15 is 0 Å². The predicted molar refractivity (Wildman–Crippen MR) is 143 cm³/mol. The lowest BCUT2D eigenvalue weighted by molar-refractivity contribution is 0.462. The molecule has 0 saturated heterocycles. The molecule has 0 atom stereocenters. The fourth-order valence-corrected chi connectivity index (χ4v) is 6.18. The summed E-state index contributed by atoms with van der Waals surface area (Å²) in [5, 5.41) is 5.22. The Hall–Kier alpha value is -3.84. The molecule has 0 spiro atoms. The first-order valence-electron chi connectivity index (χ1n) is 12.3. The van der Waals surface area contributed by atoms with Gasteiger partial charge in [0.25, 0.3) is 0 Å². The Kier molecular flexibility index (Phi) is 5.85. The van der Waals surface area contributed by atoms with Gasteiger partial charge in [0.2, 0.25) is 0 Å². The van der Waals surface area contributed by atoms with Crippen molar-refractivity contribution < 1.29 is 12.6 Å². The van der Waals surface area contributed by atoms with Crippen LogP contribution >= 0.6 is 0 Å². The number of hydrogen-bond acceptors (Lipinski definition) is 5. The van der Waals surface area contributed by atoms with Gasteiger partial charge in [0.1, 0.15) is 27.8 Å². The third-order valence-electron chi connectivity index (χ3n) is 6.83. The van der Waals surface area contributed by atoms with Gasteiger partial charge in [-0.3, -0.25) is 4.40 Å². The van der Waals surface area contributed by atoms with Crippen LogP contribution in [0.1, 0.15) is 32.1 Å². The highest BCUT2D eigenvalue weighted by Gasteiger charge is 2.22. The van der Waals surface area contributed by atoms with E-state index in [1.807, 2.05) is 60.8 Å². The minimum absolute atomic E-state index is 0.156. The normalized spacial score (nSPS) is 14.8. The Bertz CT molecular complexity index is 1630. The van der Waals surface area contributed by atoms with Crippen molar-refractivity contribution in [2.45, 2.75) is 43.0 Å². The number of pyridine rings is 1. The Morgan fingerprint density at radius 3 is 2.42 bits per heavy atom. The first-order valence-corrected chi connectivity index (χ1v) is 13.8. The smallest absolute Gasteiger partial charge is 0.339 e. The van der Waals surface area contributed by atoms with E-state index in [1.165, 1.54) is 19.3 Å². The number of imidazole rings is 1. The standard InChI is InChI=1S/C29H27N3O3S/c33-36(34,26-14-8-10-21-9-4-5-13-25(21)26)35-24-18-16-22(17-19-24)28-29(30-23-11-2-1-3-12-23)32-20-7-6-15-27(32)31-28/h4-10,13-20,23,30H,1-3,11-12H2. The molecule has 0 bridgehead atoms. The van der Waals surface area contributed by atoms with Crippen molar-refractivity contribution >= 4 is 32.4 Å². The molecule has 3 aromatic carbocycles. The van der Waals surface area contributed by atoms with E-state index < -0.39 is 10.1 Å². The first-order chi connectivity index (χ1) is 17.6. The van der Waals surface area contributed by atoms with Gasteiger partial charge in [0.05, 0.1) is 0 Å². The van der Waals surface area contributed by atoms with E-state index in [9.17, 15) is 8.42 Å². The number of hydrogen-bond donors (Lipinski definition) is 1. The molecule has 182 valence electrons. The third kappa shape index (κ3) is 4.31. The molecule has 0 radical (unpaired) electrons. The fourth-order valence-electron chi connectivity index (χ4n) is 5.03. The summed E-state index contributed by atoms with van der Waals surface area (Å²) in [6, 6.07) is 26.1. The summed E-state index contributed by atoms with van der Waals surface area (Å²) in [6.45, 7) is 0. The zero-order chi connectivity index (χ0) is 24.5. The highest BCUT2D eigenvalue weighted by molar-refractivity contribution is 7.87. The van der Waals surface area contributed by atoms with E-state index in [1.54, 1.807) is 30.3 Å². The summed E-state index contributed by atoms with van der Waals surface area (Å²) in [7, 11) is -4.00. The Morgan fingerprint density at radius 2 is 1.58 bits per heavy atom. The summed E-state index contributed by atoms with van der Waals surface area (Å²) >= 11 is 0. The van der Waals surface area contributed by atoms with E-state index in [2.05, 4.69) is 9.72 Å². The van der Waals surface area contributed by atoms with Crippen molar-refractivity contribution in [3.05, 3.63) is 91.1 Å². The van der Waals surface area contributed by atoms with Crippen LogP contribution in [-0.2, 0) is 10.1 Å². The maximum absolute atomic E-state index is 13.1. The number of anilines is 1. The van der Waals surface area contributed by atoms with Crippen LogP contribution in [0.15, 0.2) is 96.0 Å². The summed E-state index contributed by atoms with van der Waals surface area (Å²) in [5.74, 6) is 1.23. The molecule has 7 heteroatoms. The van der Waals surface area contributed by atoms with Gasteiger partial charge < -0.3 is 9.50 Å². The number of fused-ring (bicyclic) bond motifs is 2. The molecule has 0 unspecified atom stereocenters. The summed E-state index contributed by atoms with van der Waals surface area (Å²) in [4.78, 5) is 5.03. The monoisotopic (exact) mass is 497 g/mol. The molecule has 2 heterocycles. The minimum Gasteiger partial charge on any atom is -0.379 e. The molecular weight excluding hydrogens is 470 g/mol. The zero-order valence-corrected chi connectivity index (χ0v) is 20.6. The summed E-state index contributed by atoms with van der Waals surface area (Å²) < 4.78 is 33.8. The molecule has 1 aliphatic rings. The Labute approximate surface area is 210 Å². The number of nitrogens with zero attached hydrogens (tertiary/aromatic N) is 2. The van der Waals surface area contributed by atoms with E-state index in [4.69, 9.17) is 9.17 Å². The van der Waals surface area contributed by atoms with Crippen LogP contribution in [0.4, 0.5) is 5.82 Å². The topological polar surface area (TPSA) is 72.7 Å². The number of rotatable bonds is 6. The minimum atomic E-state index is -4.00. The first kappa shape index (κ1) is 22.6. The number of benzene rings is 3. The van der Waals surface area contributed by atoms with Crippen LogP contribution in [0.25, 0.3) is 27.7 Å². The molecule has 0 amide bonds. The lowest BCUT2D eigenvalue weighted by Gasteiger charge is -2.24. The summed E-state index contributed by atoms with van der Waals surface area (Å²) in [6.07, 6.45) is 8.09. The molecule has 0 aliphatic heterocycles. The molecule has 6 nitrogen and oxygen atoms in total. The Balaban J connectivity index is 1.31. The number of aromatic nitrogens is 2. The van der Waals surface area contributed by atoms with Gasteiger partial charge in [-0.15, -0.1) is 0 Å². The molecule has 1 fully saturated rings. The second-order valence-electron chi connectivity index (χ2n) is 9.26. The predicted octanol–water partition coefficient (Wildman–Crippen LogP) is 6.67. The van der Waals surface area contributed by atoms with Crippen molar-refractivity contribution in [1.82, 2.24) is 9.38 Å². The Morgan fingerprint density at radius 1 is 0.833 bits per heavy atom. The highest BCUT2D eigenvalue weighted by Crippen LogP contribution is 2.33. The molecule has 2 aromatic heterocycles. The van der Waals surface area contributed by atoms with E-state index in [0.717, 1.165) is 41.0 Å². The van der Waals surface area contributed by atoms with Crippen LogP contribution in [0.3, 0.4) is 0 Å². The average Bonchev–Trinajstić information content (AvgIpc) is 3.27. The maximum Gasteiger partial charge on any atom is 0.339 e. The molecule has 1 saturated carbocycles. The van der Waals surface area contributed by atoms with Crippen LogP contribution in [-0.4, -0.2) is 23.8 Å². The van der Waals surface area contributed by atoms with Crippen LogP contribution < -0.4 is 9.50 Å². The second kappa shape index (κ2) is 9.32. The van der Waals surface area contributed by atoms with E-state index in [0.29, 0.717) is 11.4 Å². The van der Waals surface area contributed by atoms with Gasteiger partial charge in [0.15, 0.2) is 0 Å².